The van der Waals surface area contributed by atoms with Crippen LogP contribution in [-0.2, 0) is 5.41 Å². The molecule has 0 aliphatic heterocycles. The third-order valence-corrected chi connectivity index (χ3v) is 5.99. The van der Waals surface area contributed by atoms with E-state index in [1.807, 2.05) is 36.4 Å². The van der Waals surface area contributed by atoms with Crippen LogP contribution in [0.2, 0.25) is 5.02 Å². The van der Waals surface area contributed by atoms with Gasteiger partial charge in [0.1, 0.15) is 11.1 Å². The van der Waals surface area contributed by atoms with Gasteiger partial charge in [0.05, 0.1) is 21.3 Å². The van der Waals surface area contributed by atoms with Gasteiger partial charge in [0.2, 0.25) is 0 Å². The molecule has 1 atom stereocenters. The molecule has 1 fully saturated rings. The van der Waals surface area contributed by atoms with E-state index < -0.39 is 6.10 Å². The predicted molar refractivity (Wildman–Crippen MR) is 89.4 cm³/mol. The zero-order valence-corrected chi connectivity index (χ0v) is 13.4. The minimum absolute atomic E-state index is 0.301. The fourth-order valence-corrected chi connectivity index (χ4v) is 4.61. The summed E-state index contributed by atoms with van der Waals surface area (Å²) < 4.78 is 1.07. The highest BCUT2D eigenvalue weighted by molar-refractivity contribution is 7.18. The number of benzene rings is 1. The number of aromatic nitrogens is 2. The first-order chi connectivity index (χ1) is 10.7. The molecule has 0 bridgehead atoms. The first-order valence-corrected chi connectivity index (χ1v) is 8.54. The normalized spacial score (nSPS) is 18.1. The summed E-state index contributed by atoms with van der Waals surface area (Å²) in [6, 6.07) is 11.4. The number of pyridine rings is 1. The van der Waals surface area contributed by atoms with Crippen molar-refractivity contribution < 1.29 is 5.11 Å². The van der Waals surface area contributed by atoms with Crippen molar-refractivity contribution in [3.63, 3.8) is 0 Å². The van der Waals surface area contributed by atoms with Crippen molar-refractivity contribution in [1.82, 2.24) is 9.97 Å². The Labute approximate surface area is 137 Å². The summed E-state index contributed by atoms with van der Waals surface area (Å²) >= 11 is 7.70. The molecule has 22 heavy (non-hydrogen) atoms. The van der Waals surface area contributed by atoms with Crippen molar-refractivity contribution in [2.45, 2.75) is 30.8 Å². The molecule has 5 heteroatoms. The average Bonchev–Trinajstić information content (AvgIpc) is 2.90. The summed E-state index contributed by atoms with van der Waals surface area (Å²) in [5.41, 5.74) is 1.37. The molecule has 1 N–H and O–H groups in total. The highest BCUT2D eigenvalue weighted by atomic mass is 35.5. The van der Waals surface area contributed by atoms with Crippen molar-refractivity contribution >= 4 is 33.2 Å². The topological polar surface area (TPSA) is 46.0 Å². The molecule has 1 aliphatic carbocycles. The Kier molecular flexibility index (Phi) is 3.40. The van der Waals surface area contributed by atoms with Crippen LogP contribution in [0.4, 0.5) is 0 Å². The van der Waals surface area contributed by atoms with Crippen molar-refractivity contribution in [2.75, 3.05) is 0 Å². The van der Waals surface area contributed by atoms with E-state index in [0.717, 1.165) is 45.2 Å². The second kappa shape index (κ2) is 5.30. The predicted octanol–water partition coefficient (Wildman–Crippen LogP) is 4.50. The lowest BCUT2D eigenvalue weighted by atomic mass is 9.64. The smallest absolute Gasteiger partial charge is 0.108 e. The third-order valence-electron chi connectivity index (χ3n) is 4.51. The van der Waals surface area contributed by atoms with E-state index >= 15 is 0 Å². The van der Waals surface area contributed by atoms with E-state index in [2.05, 4.69) is 4.98 Å². The van der Waals surface area contributed by atoms with Crippen LogP contribution in [-0.4, -0.2) is 15.1 Å². The van der Waals surface area contributed by atoms with Crippen molar-refractivity contribution in [1.29, 1.82) is 0 Å². The van der Waals surface area contributed by atoms with Gasteiger partial charge in [0, 0.05) is 11.2 Å². The minimum Gasteiger partial charge on any atom is -0.386 e. The summed E-state index contributed by atoms with van der Waals surface area (Å²) in [4.78, 5) is 9.09. The molecular weight excluding hydrogens is 316 g/mol. The molecule has 1 unspecified atom stereocenters. The van der Waals surface area contributed by atoms with Crippen LogP contribution in [0.5, 0.6) is 0 Å². The largest absolute Gasteiger partial charge is 0.386 e. The molecule has 0 spiro atoms. The molecule has 1 aromatic carbocycles. The third kappa shape index (κ3) is 2.14. The van der Waals surface area contributed by atoms with Crippen LogP contribution in [0.1, 0.15) is 36.1 Å². The molecule has 3 aromatic rings. The summed E-state index contributed by atoms with van der Waals surface area (Å²) in [6.45, 7) is 0. The van der Waals surface area contributed by atoms with Crippen molar-refractivity contribution in [2.24, 2.45) is 0 Å². The summed E-state index contributed by atoms with van der Waals surface area (Å²) in [6.07, 6.45) is 4.11. The quantitative estimate of drug-likeness (QED) is 0.769. The maximum absolute atomic E-state index is 10.9. The van der Waals surface area contributed by atoms with Gasteiger partial charge in [-0.3, -0.25) is 4.98 Å². The number of halogens is 1. The molecule has 3 nitrogen and oxygen atoms in total. The number of hydrogen-bond acceptors (Lipinski definition) is 4. The number of nitrogens with zero attached hydrogens (tertiary/aromatic N) is 2. The van der Waals surface area contributed by atoms with Crippen LogP contribution >= 0.6 is 22.9 Å². The fourth-order valence-electron chi connectivity index (χ4n) is 3.09. The standard InChI is InChI=1S/C17H15ClN2OS/c18-11-5-6-12-14(10-11)22-16(20-12)17(7-3-8-17)15(21)13-4-1-2-9-19-13/h1-2,4-6,9-10,15,21H,3,7-8H2. The average molecular weight is 331 g/mol. The van der Waals surface area contributed by atoms with Gasteiger partial charge in [-0.1, -0.05) is 24.1 Å². The van der Waals surface area contributed by atoms with Crippen LogP contribution in [0.25, 0.3) is 10.2 Å². The van der Waals surface area contributed by atoms with Crippen molar-refractivity contribution in [3.05, 3.63) is 58.3 Å². The van der Waals surface area contributed by atoms with E-state index in [-0.39, 0.29) is 5.41 Å². The lowest BCUT2D eigenvalue weighted by Gasteiger charge is -2.43. The highest BCUT2D eigenvalue weighted by Gasteiger charge is 2.48. The zero-order chi connectivity index (χ0) is 15.2. The first kappa shape index (κ1) is 14.1. The van der Waals surface area contributed by atoms with Gasteiger partial charge in [0.25, 0.3) is 0 Å². The summed E-state index contributed by atoms with van der Waals surface area (Å²) in [5, 5.41) is 12.6. The van der Waals surface area contributed by atoms with Crippen LogP contribution < -0.4 is 0 Å². The maximum atomic E-state index is 10.9. The van der Waals surface area contributed by atoms with E-state index in [1.165, 1.54) is 0 Å². The Balaban J connectivity index is 1.79. The molecule has 0 amide bonds. The Bertz CT molecular complexity index is 814. The van der Waals surface area contributed by atoms with Gasteiger partial charge in [-0.05, 0) is 43.2 Å². The maximum Gasteiger partial charge on any atom is 0.108 e. The second-order valence-corrected chi connectivity index (χ2v) is 7.26. The van der Waals surface area contributed by atoms with Gasteiger partial charge in [-0.25, -0.2) is 4.98 Å². The fraction of sp³-hybridized carbons (Fsp3) is 0.294. The number of aliphatic hydroxyl groups is 1. The molecule has 0 radical (unpaired) electrons. The second-order valence-electron chi connectivity index (χ2n) is 5.80. The van der Waals surface area contributed by atoms with E-state index in [4.69, 9.17) is 16.6 Å². The van der Waals surface area contributed by atoms with Gasteiger partial charge >= 0.3 is 0 Å². The number of fused-ring (bicyclic) bond motifs is 1. The zero-order valence-electron chi connectivity index (χ0n) is 11.9. The number of aliphatic hydroxyl groups excluding tert-OH is 1. The Hall–Kier alpha value is -1.49. The molecular formula is C17H15ClN2OS. The molecule has 4 rings (SSSR count). The highest BCUT2D eigenvalue weighted by Crippen LogP contribution is 2.53. The van der Waals surface area contributed by atoms with Crippen LogP contribution in [0.3, 0.4) is 0 Å². The molecule has 0 saturated heterocycles. The van der Waals surface area contributed by atoms with Crippen LogP contribution in [0.15, 0.2) is 42.6 Å². The van der Waals surface area contributed by atoms with Crippen LogP contribution in [0, 0.1) is 0 Å². The molecule has 1 saturated carbocycles. The lowest BCUT2D eigenvalue weighted by Crippen LogP contribution is -2.40. The van der Waals surface area contributed by atoms with Gasteiger partial charge in [0.15, 0.2) is 0 Å². The Morgan fingerprint density at radius 3 is 2.77 bits per heavy atom. The number of thiazole rings is 1. The molecule has 112 valence electrons. The molecule has 2 heterocycles. The first-order valence-electron chi connectivity index (χ1n) is 7.35. The minimum atomic E-state index is -0.613. The SMILES string of the molecule is OC(c1ccccn1)C1(c2nc3ccc(Cl)cc3s2)CCC1. The lowest BCUT2D eigenvalue weighted by molar-refractivity contribution is 0.0238. The van der Waals surface area contributed by atoms with Gasteiger partial charge < -0.3 is 5.11 Å². The van der Waals surface area contributed by atoms with E-state index in [0.29, 0.717) is 0 Å². The van der Waals surface area contributed by atoms with E-state index in [1.54, 1.807) is 17.5 Å². The Morgan fingerprint density at radius 1 is 1.23 bits per heavy atom. The molecule has 1 aliphatic rings. The molecule has 2 aromatic heterocycles. The number of rotatable bonds is 3. The van der Waals surface area contributed by atoms with Gasteiger partial charge in [-0.2, -0.15) is 0 Å². The van der Waals surface area contributed by atoms with E-state index in [9.17, 15) is 5.11 Å². The summed E-state index contributed by atoms with van der Waals surface area (Å²) in [5.74, 6) is 0. The summed E-state index contributed by atoms with van der Waals surface area (Å²) in [7, 11) is 0. The van der Waals surface area contributed by atoms with Crippen molar-refractivity contribution in [3.8, 4) is 0 Å². The Morgan fingerprint density at radius 2 is 2.09 bits per heavy atom. The van der Waals surface area contributed by atoms with Gasteiger partial charge in [-0.15, -0.1) is 11.3 Å². The monoisotopic (exact) mass is 330 g/mol. The number of hydrogen-bond donors (Lipinski definition) is 1.